The van der Waals surface area contributed by atoms with Gasteiger partial charge in [-0.1, -0.05) is 53.8 Å². The summed E-state index contributed by atoms with van der Waals surface area (Å²) < 4.78 is 1.14. The van der Waals surface area contributed by atoms with Crippen LogP contribution in [0.1, 0.15) is 24.0 Å². The lowest BCUT2D eigenvalue weighted by Crippen LogP contribution is -3.11. The molecule has 1 aliphatic rings. The van der Waals surface area contributed by atoms with Crippen molar-refractivity contribution in [3.8, 4) is 0 Å². The first-order chi connectivity index (χ1) is 12.7. The van der Waals surface area contributed by atoms with E-state index >= 15 is 0 Å². The number of benzene rings is 2. The highest BCUT2D eigenvalue weighted by Gasteiger charge is 2.26. The van der Waals surface area contributed by atoms with Gasteiger partial charge in [-0.25, -0.2) is 4.98 Å². The molecule has 0 saturated carbocycles. The molecule has 4 nitrogen and oxygen atoms in total. The van der Waals surface area contributed by atoms with E-state index in [-0.39, 0.29) is 5.91 Å². The van der Waals surface area contributed by atoms with Crippen LogP contribution in [0, 0.1) is 6.92 Å². The van der Waals surface area contributed by atoms with Crippen molar-refractivity contribution in [3.05, 3.63) is 59.7 Å². The van der Waals surface area contributed by atoms with Gasteiger partial charge in [-0.05, 0) is 24.1 Å². The monoisotopic (exact) mass is 366 g/mol. The van der Waals surface area contributed by atoms with E-state index < -0.39 is 0 Å². The van der Waals surface area contributed by atoms with E-state index in [1.54, 1.807) is 11.3 Å². The fraction of sp³-hybridized carbons (Fsp3) is 0.333. The van der Waals surface area contributed by atoms with Crippen LogP contribution in [-0.2, 0) is 11.3 Å². The van der Waals surface area contributed by atoms with Crippen LogP contribution in [0.25, 0.3) is 10.2 Å². The molecule has 0 bridgehead atoms. The fourth-order valence-corrected chi connectivity index (χ4v) is 4.64. The molecule has 5 heteroatoms. The predicted molar refractivity (Wildman–Crippen MR) is 107 cm³/mol. The van der Waals surface area contributed by atoms with Crippen molar-refractivity contribution in [2.24, 2.45) is 0 Å². The molecule has 2 heterocycles. The van der Waals surface area contributed by atoms with Crippen LogP contribution in [0.4, 0.5) is 5.13 Å². The number of nitrogens with one attached hydrogen (secondary N) is 1. The Balaban J connectivity index is 1.66. The molecule has 1 aliphatic heterocycles. The van der Waals surface area contributed by atoms with E-state index in [9.17, 15) is 4.79 Å². The first kappa shape index (κ1) is 17.2. The van der Waals surface area contributed by atoms with Crippen molar-refractivity contribution in [3.63, 3.8) is 0 Å². The SMILES string of the molecule is Cc1cccc2sc(N(Cc3ccccc3)C(=O)C[NH+]3CCCC3)nc12. The summed E-state index contributed by atoms with van der Waals surface area (Å²) in [4.78, 5) is 21.2. The van der Waals surface area contributed by atoms with Crippen LogP contribution in [-0.4, -0.2) is 30.5 Å². The number of nitrogens with zero attached hydrogens (tertiary/aromatic N) is 2. The minimum absolute atomic E-state index is 0.169. The number of carbonyl (C=O) groups is 1. The highest BCUT2D eigenvalue weighted by molar-refractivity contribution is 7.22. The molecular weight excluding hydrogens is 342 g/mol. The number of amides is 1. The molecule has 0 spiro atoms. The van der Waals surface area contributed by atoms with Gasteiger partial charge in [-0.15, -0.1) is 0 Å². The first-order valence-corrected chi connectivity index (χ1v) is 10.1. The summed E-state index contributed by atoms with van der Waals surface area (Å²) in [5.74, 6) is 0.169. The van der Waals surface area contributed by atoms with Crippen molar-refractivity contribution < 1.29 is 9.69 Å². The zero-order chi connectivity index (χ0) is 17.9. The minimum Gasteiger partial charge on any atom is -0.327 e. The summed E-state index contributed by atoms with van der Waals surface area (Å²) in [5, 5.41) is 0.807. The van der Waals surface area contributed by atoms with Gasteiger partial charge in [-0.2, -0.15) is 0 Å². The highest BCUT2D eigenvalue weighted by Crippen LogP contribution is 2.31. The number of likely N-dealkylation sites (tertiary alicyclic amines) is 1. The number of hydrogen-bond acceptors (Lipinski definition) is 3. The number of thiazole rings is 1. The summed E-state index contributed by atoms with van der Waals surface area (Å²) in [6.07, 6.45) is 2.45. The van der Waals surface area contributed by atoms with Gasteiger partial charge >= 0.3 is 0 Å². The van der Waals surface area contributed by atoms with Crippen molar-refractivity contribution >= 4 is 32.6 Å². The maximum absolute atomic E-state index is 13.1. The average Bonchev–Trinajstić information content (AvgIpc) is 3.30. The molecule has 1 N–H and O–H groups in total. The average molecular weight is 367 g/mol. The van der Waals surface area contributed by atoms with E-state index in [1.807, 2.05) is 23.1 Å². The maximum Gasteiger partial charge on any atom is 0.284 e. The standard InChI is InChI=1S/C21H23N3OS/c1-16-8-7-11-18-20(16)22-21(26-18)24(14-17-9-3-2-4-10-17)19(25)15-23-12-5-6-13-23/h2-4,7-11H,5-6,12-15H2,1H3/p+1. The zero-order valence-electron chi connectivity index (χ0n) is 15.1. The number of anilines is 1. The maximum atomic E-state index is 13.1. The van der Waals surface area contributed by atoms with E-state index in [0.29, 0.717) is 13.1 Å². The van der Waals surface area contributed by atoms with Gasteiger partial charge in [0.25, 0.3) is 5.91 Å². The molecule has 0 radical (unpaired) electrons. The Hall–Kier alpha value is -2.24. The lowest BCUT2D eigenvalue weighted by atomic mass is 10.2. The first-order valence-electron chi connectivity index (χ1n) is 9.25. The van der Waals surface area contributed by atoms with Gasteiger partial charge in [0.05, 0.1) is 29.9 Å². The number of rotatable bonds is 5. The molecule has 1 amide bonds. The molecule has 1 fully saturated rings. The normalized spacial score (nSPS) is 14.8. The Kier molecular flexibility index (Phi) is 5.00. The fourth-order valence-electron chi connectivity index (χ4n) is 3.58. The van der Waals surface area contributed by atoms with Gasteiger partial charge in [-0.3, -0.25) is 9.69 Å². The van der Waals surface area contributed by atoms with E-state index in [1.165, 1.54) is 17.7 Å². The van der Waals surface area contributed by atoms with Crippen LogP contribution >= 0.6 is 11.3 Å². The summed E-state index contributed by atoms with van der Waals surface area (Å²) in [6.45, 7) is 5.41. The van der Waals surface area contributed by atoms with Gasteiger partial charge in [0.1, 0.15) is 0 Å². The second-order valence-corrected chi connectivity index (χ2v) is 8.03. The van der Waals surface area contributed by atoms with Gasteiger partial charge in [0, 0.05) is 12.8 Å². The van der Waals surface area contributed by atoms with Gasteiger partial charge in [0.15, 0.2) is 11.7 Å². The van der Waals surface area contributed by atoms with Crippen molar-refractivity contribution in [1.82, 2.24) is 4.98 Å². The quantitative estimate of drug-likeness (QED) is 0.754. The molecule has 3 aromatic rings. The molecule has 4 rings (SSSR count). The number of para-hydroxylation sites is 1. The topological polar surface area (TPSA) is 37.6 Å². The number of fused-ring (bicyclic) bond motifs is 1. The summed E-state index contributed by atoms with van der Waals surface area (Å²) in [5.41, 5.74) is 3.29. The van der Waals surface area contributed by atoms with Crippen LogP contribution in [0.5, 0.6) is 0 Å². The minimum atomic E-state index is 0.169. The number of aryl methyl sites for hydroxylation is 1. The smallest absolute Gasteiger partial charge is 0.284 e. The van der Waals surface area contributed by atoms with Crippen LogP contribution in [0.3, 0.4) is 0 Å². The highest BCUT2D eigenvalue weighted by atomic mass is 32.1. The number of quaternary nitrogens is 1. The van der Waals surface area contributed by atoms with E-state index in [0.717, 1.165) is 39.6 Å². The third-order valence-corrected chi connectivity index (χ3v) is 6.08. The summed E-state index contributed by atoms with van der Waals surface area (Å²) in [7, 11) is 0. The second kappa shape index (κ2) is 7.56. The number of carbonyl (C=O) groups excluding carboxylic acids is 1. The Morgan fingerprint density at radius 1 is 1.12 bits per heavy atom. The van der Waals surface area contributed by atoms with Crippen molar-refractivity contribution in [1.29, 1.82) is 0 Å². The Morgan fingerprint density at radius 2 is 1.88 bits per heavy atom. The molecular formula is C21H24N3OS+. The predicted octanol–water partition coefficient (Wildman–Crippen LogP) is 2.82. The third kappa shape index (κ3) is 3.64. The zero-order valence-corrected chi connectivity index (χ0v) is 15.9. The van der Waals surface area contributed by atoms with Crippen molar-refractivity contribution in [2.45, 2.75) is 26.3 Å². The molecule has 2 aromatic carbocycles. The second-order valence-electron chi connectivity index (χ2n) is 7.02. The molecule has 1 saturated heterocycles. The Morgan fingerprint density at radius 3 is 2.62 bits per heavy atom. The lowest BCUT2D eigenvalue weighted by Gasteiger charge is -2.21. The van der Waals surface area contributed by atoms with E-state index in [2.05, 4.69) is 37.3 Å². The summed E-state index contributed by atoms with van der Waals surface area (Å²) in [6, 6.07) is 16.4. The molecule has 0 aliphatic carbocycles. The number of hydrogen-bond donors (Lipinski definition) is 1. The molecule has 134 valence electrons. The lowest BCUT2D eigenvalue weighted by molar-refractivity contribution is -0.878. The Bertz CT molecular complexity index is 900. The molecule has 0 atom stereocenters. The van der Waals surface area contributed by atoms with E-state index in [4.69, 9.17) is 4.98 Å². The molecule has 26 heavy (non-hydrogen) atoms. The Labute approximate surface area is 158 Å². The third-order valence-electron chi connectivity index (χ3n) is 5.04. The van der Waals surface area contributed by atoms with Crippen LogP contribution in [0.2, 0.25) is 0 Å². The molecule has 0 unspecified atom stereocenters. The van der Waals surface area contributed by atoms with Crippen LogP contribution < -0.4 is 9.80 Å². The number of aromatic nitrogens is 1. The van der Waals surface area contributed by atoms with Gasteiger partial charge in [0.2, 0.25) is 0 Å². The molecule has 1 aromatic heterocycles. The van der Waals surface area contributed by atoms with Crippen molar-refractivity contribution in [2.75, 3.05) is 24.5 Å². The van der Waals surface area contributed by atoms with Gasteiger partial charge < -0.3 is 4.90 Å². The van der Waals surface area contributed by atoms with Crippen LogP contribution in [0.15, 0.2) is 48.5 Å². The largest absolute Gasteiger partial charge is 0.327 e. The summed E-state index contributed by atoms with van der Waals surface area (Å²) >= 11 is 1.61.